The number of rotatable bonds is 5. The van der Waals surface area contributed by atoms with Crippen molar-refractivity contribution in [3.63, 3.8) is 0 Å². The molecule has 2 unspecified atom stereocenters. The minimum Gasteiger partial charge on any atom is -0.326 e. The molecule has 0 aliphatic rings. The minimum atomic E-state index is -0.234. The monoisotopic (exact) mass is 312 g/mol. The van der Waals surface area contributed by atoms with Crippen LogP contribution in [0.25, 0.3) is 0 Å². The summed E-state index contributed by atoms with van der Waals surface area (Å²) in [6.45, 7) is 2.03. The number of H-pyrrole nitrogens is 1. The normalized spacial score (nSPS) is 14.2. The molecule has 0 amide bonds. The van der Waals surface area contributed by atoms with Crippen LogP contribution in [-0.4, -0.2) is 20.8 Å². The van der Waals surface area contributed by atoms with Crippen molar-refractivity contribution >= 4 is 23.4 Å². The molecule has 0 saturated heterocycles. The Hall–Kier alpha value is -1.24. The molecule has 2 atom stereocenters. The van der Waals surface area contributed by atoms with Gasteiger partial charge >= 0.3 is 5.69 Å². The Bertz CT molecular complexity index is 639. The van der Waals surface area contributed by atoms with Crippen LogP contribution in [0, 0.1) is 0 Å². The van der Waals surface area contributed by atoms with Crippen LogP contribution in [0.5, 0.6) is 0 Å². The fourth-order valence-electron chi connectivity index (χ4n) is 1.85. The number of benzene rings is 1. The molecule has 0 fully saturated rings. The fraction of sp³-hybridized carbons (Fsp3) is 0.385. The van der Waals surface area contributed by atoms with E-state index in [0.717, 1.165) is 12.0 Å². The molecule has 0 bridgehead atoms. The summed E-state index contributed by atoms with van der Waals surface area (Å²) in [4.78, 5) is 11.4. The molecule has 7 heteroatoms. The lowest BCUT2D eigenvalue weighted by atomic mass is 10.0. The van der Waals surface area contributed by atoms with E-state index in [1.165, 1.54) is 16.3 Å². The second-order valence-electron chi connectivity index (χ2n) is 4.54. The lowest BCUT2D eigenvalue weighted by Crippen LogP contribution is -2.26. The first-order valence-electron chi connectivity index (χ1n) is 6.32. The molecule has 20 heavy (non-hydrogen) atoms. The molecule has 0 radical (unpaired) electrons. The predicted octanol–water partition coefficient (Wildman–Crippen LogP) is 2.33. The van der Waals surface area contributed by atoms with Crippen molar-refractivity contribution in [1.82, 2.24) is 14.8 Å². The number of aromatic nitrogens is 3. The van der Waals surface area contributed by atoms with Crippen molar-refractivity contribution in [3.05, 3.63) is 45.3 Å². The van der Waals surface area contributed by atoms with Crippen molar-refractivity contribution in [2.45, 2.75) is 29.8 Å². The van der Waals surface area contributed by atoms with E-state index in [4.69, 9.17) is 17.3 Å². The van der Waals surface area contributed by atoms with Gasteiger partial charge in [0.2, 0.25) is 0 Å². The highest BCUT2D eigenvalue weighted by atomic mass is 35.5. The van der Waals surface area contributed by atoms with Crippen molar-refractivity contribution in [1.29, 1.82) is 0 Å². The van der Waals surface area contributed by atoms with Gasteiger partial charge in [0.25, 0.3) is 0 Å². The lowest BCUT2D eigenvalue weighted by molar-refractivity contribution is 0.630. The van der Waals surface area contributed by atoms with Crippen LogP contribution in [0.4, 0.5) is 0 Å². The molecule has 1 aromatic heterocycles. The average molecular weight is 313 g/mol. The molecule has 0 aliphatic heterocycles. The smallest absolute Gasteiger partial charge is 0.326 e. The first-order valence-corrected chi connectivity index (χ1v) is 7.57. The Kier molecular flexibility index (Phi) is 4.91. The quantitative estimate of drug-likeness (QED) is 0.831. The Balaban J connectivity index is 2.33. The highest BCUT2D eigenvalue weighted by Gasteiger charge is 2.22. The van der Waals surface area contributed by atoms with Crippen LogP contribution in [0.15, 0.2) is 34.2 Å². The van der Waals surface area contributed by atoms with Crippen LogP contribution >= 0.6 is 23.4 Å². The van der Waals surface area contributed by atoms with Crippen molar-refractivity contribution < 1.29 is 0 Å². The largest absolute Gasteiger partial charge is 0.343 e. The van der Waals surface area contributed by atoms with Gasteiger partial charge in [0, 0.05) is 18.1 Å². The van der Waals surface area contributed by atoms with E-state index in [9.17, 15) is 4.79 Å². The summed E-state index contributed by atoms with van der Waals surface area (Å²) >= 11 is 7.52. The van der Waals surface area contributed by atoms with Gasteiger partial charge in [-0.1, -0.05) is 42.4 Å². The molecule has 2 rings (SSSR count). The number of nitrogens with two attached hydrogens (primary N) is 1. The number of hydrogen-bond acceptors (Lipinski definition) is 4. The van der Waals surface area contributed by atoms with Crippen molar-refractivity contribution in [2.24, 2.45) is 12.8 Å². The third kappa shape index (κ3) is 3.26. The second kappa shape index (κ2) is 6.47. The van der Waals surface area contributed by atoms with Gasteiger partial charge in [-0.05, 0) is 24.1 Å². The molecule has 108 valence electrons. The number of nitrogens with one attached hydrogen (secondary N) is 1. The molecule has 1 aromatic carbocycles. The molecular weight excluding hydrogens is 296 g/mol. The van der Waals surface area contributed by atoms with Gasteiger partial charge in [-0.3, -0.25) is 4.57 Å². The molecule has 3 N–H and O–H groups in total. The highest BCUT2D eigenvalue weighted by Crippen LogP contribution is 2.37. The maximum Gasteiger partial charge on any atom is 0.343 e. The summed E-state index contributed by atoms with van der Waals surface area (Å²) in [5.41, 5.74) is 7.02. The van der Waals surface area contributed by atoms with Gasteiger partial charge in [0.1, 0.15) is 0 Å². The SMILES string of the molecule is CCC(N)C(Sc1n[nH]c(=O)n1C)c1cccc(Cl)c1. The summed E-state index contributed by atoms with van der Waals surface area (Å²) < 4.78 is 1.48. The van der Waals surface area contributed by atoms with Gasteiger partial charge in [0.05, 0.1) is 5.25 Å². The first kappa shape index (κ1) is 15.2. The van der Waals surface area contributed by atoms with E-state index >= 15 is 0 Å². The van der Waals surface area contributed by atoms with Crippen LogP contribution in [0.1, 0.15) is 24.2 Å². The molecular formula is C13H17ClN4OS. The third-order valence-electron chi connectivity index (χ3n) is 3.11. The molecule has 0 aliphatic carbocycles. The minimum absolute atomic E-state index is 0.00685. The summed E-state index contributed by atoms with van der Waals surface area (Å²) in [6, 6.07) is 7.57. The van der Waals surface area contributed by atoms with Crippen LogP contribution in [0.2, 0.25) is 5.02 Å². The second-order valence-corrected chi connectivity index (χ2v) is 6.08. The maximum absolute atomic E-state index is 11.4. The van der Waals surface area contributed by atoms with Crippen LogP contribution in [-0.2, 0) is 7.05 Å². The third-order valence-corrected chi connectivity index (χ3v) is 4.80. The van der Waals surface area contributed by atoms with E-state index in [2.05, 4.69) is 10.2 Å². The Morgan fingerprint density at radius 3 is 2.85 bits per heavy atom. The van der Waals surface area contributed by atoms with Gasteiger partial charge in [-0.25, -0.2) is 9.89 Å². The zero-order valence-electron chi connectivity index (χ0n) is 11.3. The van der Waals surface area contributed by atoms with E-state index in [0.29, 0.717) is 10.2 Å². The van der Waals surface area contributed by atoms with E-state index in [-0.39, 0.29) is 17.0 Å². The topological polar surface area (TPSA) is 76.7 Å². The number of thioether (sulfide) groups is 1. The van der Waals surface area contributed by atoms with E-state index in [1.807, 2.05) is 31.2 Å². The number of aromatic amines is 1. The summed E-state index contributed by atoms with van der Waals surface area (Å²) in [6.07, 6.45) is 0.822. The fourth-order valence-corrected chi connectivity index (χ4v) is 3.27. The Labute approximate surface area is 126 Å². The lowest BCUT2D eigenvalue weighted by Gasteiger charge is -2.22. The zero-order chi connectivity index (χ0) is 14.7. The summed E-state index contributed by atoms with van der Waals surface area (Å²) in [5, 5.41) is 7.73. The van der Waals surface area contributed by atoms with Gasteiger partial charge in [0.15, 0.2) is 5.16 Å². The molecule has 0 saturated carbocycles. The van der Waals surface area contributed by atoms with Crippen LogP contribution in [0.3, 0.4) is 0 Å². The number of hydrogen-bond donors (Lipinski definition) is 2. The van der Waals surface area contributed by atoms with Crippen LogP contribution < -0.4 is 11.4 Å². The first-order chi connectivity index (χ1) is 9.52. The maximum atomic E-state index is 11.4. The van der Waals surface area contributed by atoms with Crippen molar-refractivity contribution in [3.8, 4) is 0 Å². The van der Waals surface area contributed by atoms with Gasteiger partial charge in [-0.15, -0.1) is 5.10 Å². The number of halogens is 1. The van der Waals surface area contributed by atoms with E-state index < -0.39 is 0 Å². The standard InChI is InChI=1S/C13H17ClN4OS/c1-3-10(15)11(8-5-4-6-9(14)7-8)20-13-17-16-12(19)18(13)2/h4-7,10-11H,3,15H2,1-2H3,(H,16,19). The summed E-state index contributed by atoms with van der Waals surface area (Å²) in [5.74, 6) is 0. The highest BCUT2D eigenvalue weighted by molar-refractivity contribution is 7.99. The van der Waals surface area contributed by atoms with Gasteiger partial charge < -0.3 is 5.73 Å². The summed E-state index contributed by atoms with van der Waals surface area (Å²) in [7, 11) is 1.68. The molecule has 0 spiro atoms. The van der Waals surface area contributed by atoms with Crippen molar-refractivity contribution in [2.75, 3.05) is 0 Å². The predicted molar refractivity (Wildman–Crippen MR) is 82.1 cm³/mol. The zero-order valence-corrected chi connectivity index (χ0v) is 12.9. The Morgan fingerprint density at radius 1 is 1.55 bits per heavy atom. The van der Waals surface area contributed by atoms with E-state index in [1.54, 1.807) is 7.05 Å². The Morgan fingerprint density at radius 2 is 2.30 bits per heavy atom. The number of nitrogens with zero attached hydrogens (tertiary/aromatic N) is 2. The van der Waals surface area contributed by atoms with Gasteiger partial charge in [-0.2, -0.15) is 0 Å². The average Bonchev–Trinajstić information content (AvgIpc) is 2.75. The molecule has 1 heterocycles. The molecule has 5 nitrogen and oxygen atoms in total. The molecule has 2 aromatic rings.